The topological polar surface area (TPSA) is 228 Å². The number of allylic oxidation sites excluding steroid dienone is 4. The molecule has 2 saturated heterocycles. The molecule has 0 aromatic heterocycles. The van der Waals surface area contributed by atoms with E-state index in [1.165, 1.54) is 173 Å². The minimum Gasteiger partial charge on any atom is -0.394 e. The van der Waals surface area contributed by atoms with Gasteiger partial charge in [-0.15, -0.1) is 0 Å². The maximum atomic E-state index is 13.2. The molecule has 1 amide bonds. The number of rotatable bonds is 49. The van der Waals surface area contributed by atoms with Crippen molar-refractivity contribution in [3.63, 3.8) is 0 Å². The van der Waals surface area contributed by atoms with Crippen LogP contribution in [0.2, 0.25) is 0 Å². The van der Waals surface area contributed by atoms with Gasteiger partial charge in [0.15, 0.2) is 12.6 Å². The van der Waals surface area contributed by atoms with E-state index in [2.05, 4.69) is 43.5 Å². The Balaban J connectivity index is 1.55. The first-order valence-corrected chi connectivity index (χ1v) is 30.6. The highest BCUT2D eigenvalue weighted by atomic mass is 16.7. The molecule has 2 aliphatic rings. The van der Waals surface area contributed by atoms with Crippen molar-refractivity contribution in [2.75, 3.05) is 19.8 Å². The zero-order valence-corrected chi connectivity index (χ0v) is 46.8. The second-order valence-corrected chi connectivity index (χ2v) is 21.8. The number of amides is 1. The molecule has 2 fully saturated rings. The van der Waals surface area contributed by atoms with Crippen molar-refractivity contribution in [2.45, 2.75) is 331 Å². The molecule has 0 spiro atoms. The minimum atomic E-state index is -1.78. The van der Waals surface area contributed by atoms with Gasteiger partial charge in [-0.3, -0.25) is 4.79 Å². The molecule has 0 aliphatic carbocycles. The van der Waals surface area contributed by atoms with E-state index in [1.54, 1.807) is 0 Å². The fourth-order valence-corrected chi connectivity index (χ4v) is 10.2. The van der Waals surface area contributed by atoms with Gasteiger partial charge in [0.25, 0.3) is 0 Å². The van der Waals surface area contributed by atoms with Crippen molar-refractivity contribution in [3.05, 3.63) is 24.3 Å². The summed E-state index contributed by atoms with van der Waals surface area (Å²) in [6, 6.07) is -0.822. The largest absolute Gasteiger partial charge is 0.394 e. The van der Waals surface area contributed by atoms with Crippen LogP contribution in [-0.4, -0.2) is 140 Å². The van der Waals surface area contributed by atoms with Gasteiger partial charge in [-0.1, -0.05) is 231 Å². The van der Waals surface area contributed by atoms with Crippen LogP contribution in [0.5, 0.6) is 0 Å². The van der Waals surface area contributed by atoms with Gasteiger partial charge in [-0.25, -0.2) is 0 Å². The predicted octanol–water partition coefficient (Wildman–Crippen LogP) is 10.4. The molecule has 0 saturated carbocycles. The second-order valence-electron chi connectivity index (χ2n) is 21.8. The summed E-state index contributed by atoms with van der Waals surface area (Å²) in [7, 11) is 0. The molecular formula is C60H113NO13. The second kappa shape index (κ2) is 46.4. The molecular weight excluding hydrogens is 943 g/mol. The number of ether oxygens (including phenoxy) is 4. The number of unbranched alkanes of at least 4 members (excludes halogenated alkanes) is 32. The first kappa shape index (κ1) is 68.6. The summed E-state index contributed by atoms with van der Waals surface area (Å²) in [6.07, 6.45) is 38.2. The Morgan fingerprint density at radius 3 is 1.35 bits per heavy atom. The number of carbonyl (C=O) groups excluding carboxylic acids is 1. The van der Waals surface area contributed by atoms with Crippen LogP contribution in [0.4, 0.5) is 0 Å². The molecule has 2 heterocycles. The van der Waals surface area contributed by atoms with Crippen LogP contribution >= 0.6 is 0 Å². The summed E-state index contributed by atoms with van der Waals surface area (Å²) in [5.74, 6) is -0.207. The Hall–Kier alpha value is -1.53. The van der Waals surface area contributed by atoms with Crippen molar-refractivity contribution >= 4 is 5.91 Å². The monoisotopic (exact) mass is 1060 g/mol. The lowest BCUT2D eigenvalue weighted by atomic mass is 9.97. The summed E-state index contributed by atoms with van der Waals surface area (Å²) in [5.41, 5.74) is 0. The van der Waals surface area contributed by atoms with Crippen LogP contribution < -0.4 is 5.32 Å². The van der Waals surface area contributed by atoms with Crippen LogP contribution in [0.15, 0.2) is 24.3 Å². The Kier molecular flexibility index (Phi) is 43.0. The lowest BCUT2D eigenvalue weighted by Crippen LogP contribution is -2.65. The van der Waals surface area contributed by atoms with Crippen molar-refractivity contribution in [2.24, 2.45) is 0 Å². The molecule has 14 heteroatoms. The summed E-state index contributed by atoms with van der Waals surface area (Å²) < 4.78 is 22.7. The van der Waals surface area contributed by atoms with Crippen molar-refractivity contribution in [1.82, 2.24) is 5.32 Å². The van der Waals surface area contributed by atoms with Crippen molar-refractivity contribution in [1.29, 1.82) is 0 Å². The molecule has 74 heavy (non-hydrogen) atoms. The highest BCUT2D eigenvalue weighted by Crippen LogP contribution is 2.30. The molecule has 436 valence electrons. The average Bonchev–Trinajstić information content (AvgIpc) is 3.40. The summed E-state index contributed by atoms with van der Waals surface area (Å²) in [6.45, 7) is 2.80. The number of hydrogen-bond acceptors (Lipinski definition) is 13. The van der Waals surface area contributed by atoms with E-state index in [0.717, 1.165) is 57.8 Å². The van der Waals surface area contributed by atoms with Crippen molar-refractivity contribution < 1.29 is 64.6 Å². The first-order valence-electron chi connectivity index (χ1n) is 30.6. The molecule has 0 bridgehead atoms. The summed E-state index contributed by atoms with van der Waals surface area (Å²) >= 11 is 0. The van der Waals surface area contributed by atoms with Crippen LogP contribution in [0.1, 0.15) is 258 Å². The molecule has 0 radical (unpaired) electrons. The van der Waals surface area contributed by atoms with Crippen LogP contribution in [0.3, 0.4) is 0 Å². The fourth-order valence-electron chi connectivity index (χ4n) is 10.2. The smallest absolute Gasteiger partial charge is 0.220 e. The van der Waals surface area contributed by atoms with E-state index < -0.39 is 86.8 Å². The molecule has 12 unspecified atom stereocenters. The lowest BCUT2D eigenvalue weighted by Gasteiger charge is -2.46. The number of aliphatic hydroxyl groups is 8. The van der Waals surface area contributed by atoms with E-state index in [-0.39, 0.29) is 12.5 Å². The molecule has 2 aliphatic heterocycles. The number of carbonyl (C=O) groups is 1. The Morgan fingerprint density at radius 2 is 0.892 bits per heavy atom. The molecule has 9 N–H and O–H groups in total. The first-order chi connectivity index (χ1) is 36.1. The summed E-state index contributed by atoms with van der Waals surface area (Å²) in [4.78, 5) is 13.2. The van der Waals surface area contributed by atoms with Gasteiger partial charge in [0.1, 0.15) is 48.8 Å². The molecule has 2 rings (SSSR count). The third-order valence-electron chi connectivity index (χ3n) is 15.2. The SMILES string of the molecule is CCCCCCC/C=C\C/C=C\CCCCCCCCCCCCCCCCCCCCCCCC(=O)NC(COC1OC(CO)C(OC2OC(CO)C(O)C(O)C2O)C(O)C1O)C(O)CCCCCCCCC. The predicted molar refractivity (Wildman–Crippen MR) is 295 cm³/mol. The van der Waals surface area contributed by atoms with Gasteiger partial charge in [0.2, 0.25) is 5.91 Å². The van der Waals surface area contributed by atoms with Crippen LogP contribution in [-0.2, 0) is 23.7 Å². The number of nitrogens with one attached hydrogen (secondary N) is 1. The molecule has 14 nitrogen and oxygen atoms in total. The lowest BCUT2D eigenvalue weighted by molar-refractivity contribution is -0.359. The van der Waals surface area contributed by atoms with Gasteiger partial charge < -0.3 is 65.1 Å². The maximum Gasteiger partial charge on any atom is 0.220 e. The Bertz CT molecular complexity index is 1340. The normalized spacial score (nSPS) is 25.3. The van der Waals surface area contributed by atoms with E-state index in [9.17, 15) is 45.6 Å². The van der Waals surface area contributed by atoms with Gasteiger partial charge in [-0.05, 0) is 44.9 Å². The van der Waals surface area contributed by atoms with Gasteiger partial charge >= 0.3 is 0 Å². The van der Waals surface area contributed by atoms with E-state index in [1.807, 2.05) is 0 Å². The number of aliphatic hydroxyl groups excluding tert-OH is 8. The maximum absolute atomic E-state index is 13.2. The third-order valence-corrected chi connectivity index (χ3v) is 15.2. The zero-order chi connectivity index (χ0) is 53.9. The van der Waals surface area contributed by atoms with Gasteiger partial charge in [0.05, 0.1) is 32.0 Å². The Labute approximate surface area is 449 Å². The summed E-state index contributed by atoms with van der Waals surface area (Å²) in [5, 5.41) is 86.8. The van der Waals surface area contributed by atoms with E-state index in [4.69, 9.17) is 18.9 Å². The fraction of sp³-hybridized carbons (Fsp3) is 0.917. The number of hydrogen-bond donors (Lipinski definition) is 9. The van der Waals surface area contributed by atoms with Crippen LogP contribution in [0, 0.1) is 0 Å². The van der Waals surface area contributed by atoms with E-state index >= 15 is 0 Å². The Morgan fingerprint density at radius 1 is 0.486 bits per heavy atom. The van der Waals surface area contributed by atoms with Gasteiger partial charge in [0, 0.05) is 6.42 Å². The highest BCUT2D eigenvalue weighted by molar-refractivity contribution is 5.76. The molecule has 0 aromatic rings. The average molecular weight is 1060 g/mol. The van der Waals surface area contributed by atoms with Gasteiger partial charge in [-0.2, -0.15) is 0 Å². The minimum absolute atomic E-state index is 0.207. The highest BCUT2D eigenvalue weighted by Gasteiger charge is 2.51. The molecule has 12 atom stereocenters. The third kappa shape index (κ3) is 31.8. The van der Waals surface area contributed by atoms with Crippen molar-refractivity contribution in [3.8, 4) is 0 Å². The molecule has 0 aromatic carbocycles. The van der Waals surface area contributed by atoms with E-state index in [0.29, 0.717) is 12.8 Å². The quantitative estimate of drug-likeness (QED) is 0.0204. The van der Waals surface area contributed by atoms with Crippen LogP contribution in [0.25, 0.3) is 0 Å². The standard InChI is InChI=1S/C60H113NO13/c1-3-5-7-9-11-12-13-14-15-16-17-18-19-20-21-22-23-24-25-26-27-28-29-30-31-32-33-34-35-36-38-40-42-44-52(65)61-48(49(64)43-41-39-37-10-8-6-4-2)47-71-59-57(70)55(68)58(51(46-63)73-59)74-60-56(69)54(67)53(66)50(45-62)72-60/h13-14,16-17,48-51,53-60,62-64,66-70H,3-12,15,18-47H2,1-2H3,(H,61,65)/b14-13-,17-16-. The zero-order valence-electron chi connectivity index (χ0n) is 46.8.